The predicted octanol–water partition coefficient (Wildman–Crippen LogP) is 4.82. The Bertz CT molecular complexity index is 1330. The van der Waals surface area contributed by atoms with Crippen LogP contribution in [-0.2, 0) is 4.79 Å². The van der Waals surface area contributed by atoms with Crippen molar-refractivity contribution in [3.63, 3.8) is 0 Å². The smallest absolute Gasteiger partial charge is 0.162 e. The van der Waals surface area contributed by atoms with E-state index in [4.69, 9.17) is 10.1 Å². The maximum atomic E-state index is 12.7. The third-order valence-electron chi connectivity index (χ3n) is 6.73. The molecule has 3 aliphatic rings. The molecular formula is C29H31N3O. The molecule has 2 aliphatic carbocycles. The summed E-state index contributed by atoms with van der Waals surface area (Å²) in [5.41, 5.74) is 5.19. The summed E-state index contributed by atoms with van der Waals surface area (Å²) in [6.07, 6.45) is 16.2. The Kier molecular flexibility index (Phi) is 5.84. The molecule has 1 aliphatic heterocycles. The Morgan fingerprint density at radius 2 is 2.00 bits per heavy atom. The number of ketones is 1. The van der Waals surface area contributed by atoms with Crippen molar-refractivity contribution in [1.29, 1.82) is 0 Å². The molecule has 0 unspecified atom stereocenters. The fourth-order valence-corrected chi connectivity index (χ4v) is 4.44. The van der Waals surface area contributed by atoms with Crippen LogP contribution in [0.15, 0.2) is 59.8 Å². The first kappa shape index (κ1) is 21.6. The van der Waals surface area contributed by atoms with Gasteiger partial charge in [-0.2, -0.15) is 5.10 Å². The molecule has 168 valence electrons. The summed E-state index contributed by atoms with van der Waals surface area (Å²) < 4.78 is 1.94. The van der Waals surface area contributed by atoms with E-state index in [1.807, 2.05) is 23.9 Å². The molecule has 33 heavy (non-hydrogen) atoms. The van der Waals surface area contributed by atoms with Crippen molar-refractivity contribution >= 4 is 29.3 Å². The van der Waals surface area contributed by atoms with Gasteiger partial charge in [0.1, 0.15) is 5.84 Å². The second-order valence-electron chi connectivity index (χ2n) is 9.45. The zero-order valence-electron chi connectivity index (χ0n) is 19.6. The van der Waals surface area contributed by atoms with Crippen LogP contribution in [0.1, 0.15) is 68.2 Å². The lowest BCUT2D eigenvalue weighted by Gasteiger charge is -2.05. The molecule has 2 saturated carbocycles. The quantitative estimate of drug-likeness (QED) is 0.608. The first-order chi connectivity index (χ1) is 16.0. The molecule has 0 N–H and O–H groups in total. The van der Waals surface area contributed by atoms with Gasteiger partial charge in [-0.05, 0) is 68.2 Å². The Morgan fingerprint density at radius 3 is 2.70 bits per heavy atom. The highest BCUT2D eigenvalue weighted by Crippen LogP contribution is 2.37. The number of rotatable bonds is 6. The lowest BCUT2D eigenvalue weighted by Crippen LogP contribution is -2.34. The number of carbonyl (C=O) groups excluding carboxylic acids is 1. The lowest BCUT2D eigenvalue weighted by molar-refractivity contribution is -0.115. The number of carbonyl (C=O) groups is 1. The average Bonchev–Trinajstić information content (AvgIpc) is 3.72. The van der Waals surface area contributed by atoms with Crippen molar-refractivity contribution in [2.45, 2.75) is 58.3 Å². The molecule has 0 atom stereocenters. The lowest BCUT2D eigenvalue weighted by atomic mass is 10.0. The SMILES string of the molecule is C=C(/C=c1\c(=C/C)c(C2CC2)nn1C1=NC=C(c2ccccc2C)C=CC1)C(=O)CC1CC1. The van der Waals surface area contributed by atoms with E-state index in [0.29, 0.717) is 30.3 Å². The van der Waals surface area contributed by atoms with Crippen LogP contribution in [0.5, 0.6) is 0 Å². The molecule has 2 fully saturated rings. The van der Waals surface area contributed by atoms with Gasteiger partial charge in [-0.25, -0.2) is 9.67 Å². The fraction of sp³-hybridized carbons (Fsp3) is 0.345. The van der Waals surface area contributed by atoms with Crippen LogP contribution in [0.2, 0.25) is 0 Å². The van der Waals surface area contributed by atoms with Gasteiger partial charge in [0.05, 0.1) is 11.0 Å². The zero-order valence-corrected chi connectivity index (χ0v) is 19.6. The molecule has 1 aromatic heterocycles. The van der Waals surface area contributed by atoms with E-state index in [-0.39, 0.29) is 5.78 Å². The standard InChI is InChI=1S/C29H31N3O/c1-4-24-26(16-20(3)27(33)17-21-12-13-21)32(31-29(24)22-14-15-22)28-11-7-9-23(18-30-28)25-10-6-5-8-19(25)2/h4-10,16,18,21-22H,3,11-15,17H2,1-2H3/b24-4+,26-16+. The summed E-state index contributed by atoms with van der Waals surface area (Å²) in [4.78, 5) is 17.6. The molecule has 1 aromatic carbocycles. The predicted molar refractivity (Wildman–Crippen MR) is 135 cm³/mol. The average molecular weight is 438 g/mol. The molecule has 0 radical (unpaired) electrons. The summed E-state index contributed by atoms with van der Waals surface area (Å²) >= 11 is 0. The summed E-state index contributed by atoms with van der Waals surface area (Å²) in [5.74, 6) is 2.05. The van der Waals surface area contributed by atoms with Gasteiger partial charge in [0.25, 0.3) is 0 Å². The normalized spacial score (nSPS) is 19.3. The summed E-state index contributed by atoms with van der Waals surface area (Å²) in [5, 5.41) is 7.05. The molecule has 5 rings (SSSR count). The van der Waals surface area contributed by atoms with Gasteiger partial charge in [0, 0.05) is 35.8 Å². The molecule has 0 saturated heterocycles. The van der Waals surface area contributed by atoms with Gasteiger partial charge < -0.3 is 0 Å². The van der Waals surface area contributed by atoms with Gasteiger partial charge in [0.15, 0.2) is 5.78 Å². The largest absolute Gasteiger partial charge is 0.294 e. The second-order valence-corrected chi connectivity index (χ2v) is 9.45. The number of allylic oxidation sites excluding steroid dienone is 4. The number of hydrogen-bond donors (Lipinski definition) is 0. The van der Waals surface area contributed by atoms with Gasteiger partial charge in [-0.3, -0.25) is 4.79 Å². The van der Waals surface area contributed by atoms with Crippen LogP contribution in [-0.4, -0.2) is 21.4 Å². The van der Waals surface area contributed by atoms with Crippen LogP contribution in [0, 0.1) is 12.8 Å². The van der Waals surface area contributed by atoms with E-state index < -0.39 is 0 Å². The molecule has 0 amide bonds. The number of aromatic nitrogens is 2. The Morgan fingerprint density at radius 1 is 1.21 bits per heavy atom. The zero-order chi connectivity index (χ0) is 22.9. The molecule has 0 bridgehead atoms. The summed E-state index contributed by atoms with van der Waals surface area (Å²) in [6.45, 7) is 8.28. The van der Waals surface area contributed by atoms with Crippen LogP contribution < -0.4 is 10.6 Å². The molecule has 4 heteroatoms. The second kappa shape index (κ2) is 8.93. The van der Waals surface area contributed by atoms with Crippen LogP contribution in [0.3, 0.4) is 0 Å². The molecule has 2 heterocycles. The Hall–Kier alpha value is -3.27. The molecule has 0 spiro atoms. The van der Waals surface area contributed by atoms with Gasteiger partial charge in [0.2, 0.25) is 0 Å². The Balaban J connectivity index is 1.58. The Labute approximate surface area is 195 Å². The highest BCUT2D eigenvalue weighted by molar-refractivity contribution is 6.02. The number of aryl methyl sites for hydroxylation is 1. The first-order valence-corrected chi connectivity index (χ1v) is 12.0. The maximum absolute atomic E-state index is 12.7. The van der Waals surface area contributed by atoms with Gasteiger partial charge in [-0.15, -0.1) is 0 Å². The highest BCUT2D eigenvalue weighted by Gasteiger charge is 2.29. The minimum absolute atomic E-state index is 0.143. The van der Waals surface area contributed by atoms with E-state index in [1.165, 1.54) is 24.0 Å². The van der Waals surface area contributed by atoms with Crippen molar-refractivity contribution in [1.82, 2.24) is 9.78 Å². The van der Waals surface area contributed by atoms with E-state index in [1.54, 1.807) is 0 Å². The monoisotopic (exact) mass is 437 g/mol. The van der Waals surface area contributed by atoms with E-state index in [2.05, 4.69) is 56.0 Å². The molecule has 2 aromatic rings. The minimum Gasteiger partial charge on any atom is -0.294 e. The van der Waals surface area contributed by atoms with E-state index >= 15 is 0 Å². The third kappa shape index (κ3) is 4.61. The third-order valence-corrected chi connectivity index (χ3v) is 6.73. The molecule has 4 nitrogen and oxygen atoms in total. The van der Waals surface area contributed by atoms with Gasteiger partial charge in [-0.1, -0.05) is 49.1 Å². The number of benzene rings is 1. The van der Waals surface area contributed by atoms with Crippen LogP contribution in [0.4, 0.5) is 0 Å². The number of aliphatic imine (C=N–C) groups is 1. The van der Waals surface area contributed by atoms with Crippen molar-refractivity contribution in [3.05, 3.63) is 82.2 Å². The minimum atomic E-state index is 0.143. The van der Waals surface area contributed by atoms with Crippen molar-refractivity contribution in [2.75, 3.05) is 0 Å². The highest BCUT2D eigenvalue weighted by atomic mass is 16.1. The maximum Gasteiger partial charge on any atom is 0.162 e. The first-order valence-electron chi connectivity index (χ1n) is 12.0. The topological polar surface area (TPSA) is 47.2 Å². The summed E-state index contributed by atoms with van der Waals surface area (Å²) in [7, 11) is 0. The number of Topliss-reactive ketones (excluding diaryl/α,β-unsaturated/α-hetero) is 1. The fourth-order valence-electron chi connectivity index (χ4n) is 4.44. The molecular weight excluding hydrogens is 406 g/mol. The van der Waals surface area contributed by atoms with E-state index in [0.717, 1.165) is 40.5 Å². The number of nitrogens with zero attached hydrogens (tertiary/aromatic N) is 3. The van der Waals surface area contributed by atoms with Crippen LogP contribution in [0.25, 0.3) is 17.7 Å². The van der Waals surface area contributed by atoms with Crippen molar-refractivity contribution in [2.24, 2.45) is 10.9 Å². The van der Waals surface area contributed by atoms with Crippen LogP contribution >= 0.6 is 0 Å². The van der Waals surface area contributed by atoms with Gasteiger partial charge >= 0.3 is 0 Å². The van der Waals surface area contributed by atoms with Crippen molar-refractivity contribution in [3.8, 4) is 0 Å². The summed E-state index contributed by atoms with van der Waals surface area (Å²) in [6, 6.07) is 8.36. The van der Waals surface area contributed by atoms with Crippen molar-refractivity contribution < 1.29 is 4.79 Å². The van der Waals surface area contributed by atoms with E-state index in [9.17, 15) is 4.79 Å². The number of hydrogen-bond acceptors (Lipinski definition) is 3.